The average molecular weight is 691 g/mol. The molecule has 0 aromatic heterocycles. The fraction of sp³-hybridized carbons (Fsp3) is 1.00. The van der Waals surface area contributed by atoms with Crippen LogP contribution in [0.5, 0.6) is 0 Å². The lowest BCUT2D eigenvalue weighted by Gasteiger charge is -2.46. The van der Waals surface area contributed by atoms with Gasteiger partial charge >= 0.3 is 47.8 Å². The summed E-state index contributed by atoms with van der Waals surface area (Å²) in [5.74, 6) is -49.8. The quantitative estimate of drug-likeness (QED) is 0.0517. The molecule has 0 spiro atoms. The van der Waals surface area contributed by atoms with Crippen LogP contribution in [-0.2, 0) is 0 Å². The molecule has 0 heterocycles. The Bertz CT molecular complexity index is 896. The molecule has 0 aromatic rings. The van der Waals surface area contributed by atoms with E-state index in [0.29, 0.717) is 13.0 Å². The minimum Gasteiger partial charge on any atom is -0.328 e. The summed E-state index contributed by atoms with van der Waals surface area (Å²) in [5, 5.41) is 0. The van der Waals surface area contributed by atoms with E-state index in [2.05, 4.69) is 6.92 Å². The van der Waals surface area contributed by atoms with Crippen molar-refractivity contribution in [2.45, 2.75) is 112 Å². The maximum atomic E-state index is 14.8. The monoisotopic (exact) mass is 690 g/mol. The van der Waals surface area contributed by atoms with Crippen molar-refractivity contribution in [1.29, 1.82) is 0 Å². The Morgan fingerprint density at radius 1 is 0.364 bits per heavy atom. The number of hydrogen-bond acceptors (Lipinski definition) is 0. The Kier molecular flexibility index (Phi) is 13.4. The summed E-state index contributed by atoms with van der Waals surface area (Å²) in [6.45, 7) is 1.28. The van der Waals surface area contributed by atoms with Crippen molar-refractivity contribution in [2.75, 3.05) is 47.8 Å². The SMILES string of the molecule is CCCCCCCCCC[N+](C)(C)CCC[N+](C)(C)C(F)(F)C(F)(F)C(F)(F)C(F)(F)C(F)(F)C(F)(F)C(F)(F)C(F)(F)F. The first-order valence-electron chi connectivity index (χ1n) is 13.6. The number of alkyl halides is 17. The van der Waals surface area contributed by atoms with Gasteiger partial charge in [0.15, 0.2) is 0 Å². The van der Waals surface area contributed by atoms with Crippen LogP contribution in [0.4, 0.5) is 74.6 Å². The van der Waals surface area contributed by atoms with Crippen LogP contribution in [0.2, 0.25) is 0 Å². The predicted octanol–water partition coefficient (Wildman–Crippen LogP) is 9.64. The fourth-order valence-electron chi connectivity index (χ4n) is 4.36. The zero-order valence-corrected chi connectivity index (χ0v) is 24.8. The standard InChI is InChI=1S/C25H39F17N2/c1-6-7-8-9-10-11-12-13-15-43(2,3)16-14-17-44(4,5)25(41,42)23(36,37)21(32,33)19(28,29)18(26,27)20(30,31)22(34,35)24(38,39)40/h6-17H2,1-5H3/q+2. The second kappa shape index (κ2) is 13.8. The van der Waals surface area contributed by atoms with Gasteiger partial charge in [0.05, 0.1) is 47.8 Å². The van der Waals surface area contributed by atoms with Gasteiger partial charge in [0.25, 0.3) is 0 Å². The largest absolute Gasteiger partial charge is 0.461 e. The van der Waals surface area contributed by atoms with Crippen LogP contribution in [0.1, 0.15) is 64.7 Å². The number of halogens is 17. The zero-order valence-electron chi connectivity index (χ0n) is 24.8. The van der Waals surface area contributed by atoms with E-state index in [1.54, 1.807) is 14.1 Å². The van der Waals surface area contributed by atoms with Gasteiger partial charge < -0.3 is 4.48 Å². The highest BCUT2D eigenvalue weighted by atomic mass is 19.4. The van der Waals surface area contributed by atoms with Crippen molar-refractivity contribution in [1.82, 2.24) is 0 Å². The van der Waals surface area contributed by atoms with Crippen LogP contribution in [0.3, 0.4) is 0 Å². The maximum absolute atomic E-state index is 14.8. The summed E-state index contributed by atoms with van der Waals surface area (Å²) < 4.78 is 229. The first-order chi connectivity index (χ1) is 19.3. The third kappa shape index (κ3) is 7.99. The van der Waals surface area contributed by atoms with Crippen molar-refractivity contribution in [2.24, 2.45) is 0 Å². The van der Waals surface area contributed by atoms with E-state index in [1.165, 1.54) is 0 Å². The molecule has 0 unspecified atom stereocenters. The first kappa shape index (κ1) is 42.7. The molecule has 0 N–H and O–H groups in total. The van der Waals surface area contributed by atoms with Crippen LogP contribution in [0.15, 0.2) is 0 Å². The Balaban J connectivity index is 5.84. The van der Waals surface area contributed by atoms with Gasteiger partial charge in [-0.2, -0.15) is 65.9 Å². The highest BCUT2D eigenvalue weighted by Gasteiger charge is 2.96. The van der Waals surface area contributed by atoms with Crippen LogP contribution < -0.4 is 0 Å². The van der Waals surface area contributed by atoms with E-state index in [1.807, 2.05) is 0 Å². The average Bonchev–Trinajstić information content (AvgIpc) is 2.83. The molecule has 0 aliphatic heterocycles. The topological polar surface area (TPSA) is 0 Å². The normalized spacial score (nSPS) is 15.7. The molecule has 0 saturated carbocycles. The highest BCUT2D eigenvalue weighted by molar-refractivity contribution is 5.14. The summed E-state index contributed by atoms with van der Waals surface area (Å²) in [6.07, 6.45) is -0.553. The van der Waals surface area contributed by atoms with Crippen molar-refractivity contribution in [3.05, 3.63) is 0 Å². The molecule has 2 nitrogen and oxygen atoms in total. The van der Waals surface area contributed by atoms with Gasteiger partial charge in [0, 0.05) is 6.42 Å². The Labute approximate surface area is 244 Å². The van der Waals surface area contributed by atoms with Crippen LogP contribution in [0.25, 0.3) is 0 Å². The molecule has 0 atom stereocenters. The smallest absolute Gasteiger partial charge is 0.328 e. The summed E-state index contributed by atoms with van der Waals surface area (Å²) in [5.41, 5.74) is 0. The van der Waals surface area contributed by atoms with Gasteiger partial charge in [-0.1, -0.05) is 45.4 Å². The lowest BCUT2D eigenvalue weighted by atomic mass is 9.90. The molecule has 0 amide bonds. The first-order valence-corrected chi connectivity index (χ1v) is 13.6. The van der Waals surface area contributed by atoms with Crippen LogP contribution >= 0.6 is 0 Å². The molecule has 0 rings (SSSR count). The fourth-order valence-corrected chi connectivity index (χ4v) is 4.36. The molecule has 0 aromatic carbocycles. The highest BCUT2D eigenvalue weighted by Crippen LogP contribution is 2.64. The van der Waals surface area contributed by atoms with E-state index in [9.17, 15) is 74.6 Å². The Hall–Kier alpha value is -1.27. The minimum atomic E-state index is -8.61. The number of nitrogens with zero attached hydrogens (tertiary/aromatic N) is 2. The lowest BCUT2D eigenvalue weighted by molar-refractivity contribution is -0.993. The molecule has 0 aliphatic rings. The Morgan fingerprint density at radius 2 is 0.682 bits per heavy atom. The number of unbranched alkanes of at least 4 members (excludes halogenated alkanes) is 7. The van der Waals surface area contributed by atoms with Crippen molar-refractivity contribution in [3.63, 3.8) is 0 Å². The van der Waals surface area contributed by atoms with E-state index in [-0.39, 0.29) is 25.1 Å². The van der Waals surface area contributed by atoms with E-state index < -0.39 is 65.2 Å². The molecule has 0 radical (unpaired) electrons. The van der Waals surface area contributed by atoms with Gasteiger partial charge in [0.2, 0.25) is 0 Å². The van der Waals surface area contributed by atoms with E-state index in [0.717, 1.165) is 44.9 Å². The van der Waals surface area contributed by atoms with Gasteiger partial charge in [0.1, 0.15) is 0 Å². The third-order valence-corrected chi connectivity index (χ3v) is 7.56. The molecule has 0 fully saturated rings. The molecule has 266 valence electrons. The summed E-state index contributed by atoms with van der Waals surface area (Å²) in [7, 11) is 3.43. The molecular weight excluding hydrogens is 651 g/mol. The molecule has 19 heteroatoms. The zero-order chi connectivity index (χ0) is 35.5. The number of quaternary nitrogens is 2. The van der Waals surface area contributed by atoms with Crippen LogP contribution in [0, 0.1) is 0 Å². The molecule has 0 bridgehead atoms. The second-order valence-electron chi connectivity index (χ2n) is 12.1. The maximum Gasteiger partial charge on any atom is 0.461 e. The van der Waals surface area contributed by atoms with Crippen molar-refractivity contribution in [3.8, 4) is 0 Å². The van der Waals surface area contributed by atoms with Crippen molar-refractivity contribution < 1.29 is 83.6 Å². The van der Waals surface area contributed by atoms with Gasteiger partial charge in [-0.05, 0) is 12.8 Å². The van der Waals surface area contributed by atoms with Gasteiger partial charge in [-0.25, -0.2) is 0 Å². The van der Waals surface area contributed by atoms with E-state index >= 15 is 0 Å². The van der Waals surface area contributed by atoms with Crippen molar-refractivity contribution >= 4 is 0 Å². The minimum absolute atomic E-state index is 0.0524. The third-order valence-electron chi connectivity index (χ3n) is 7.56. The lowest BCUT2D eigenvalue weighted by Crippen LogP contribution is -2.77. The summed E-state index contributed by atoms with van der Waals surface area (Å²) >= 11 is 0. The molecule has 0 saturated heterocycles. The van der Waals surface area contributed by atoms with Gasteiger partial charge in [-0.3, -0.25) is 4.48 Å². The van der Waals surface area contributed by atoms with Crippen LogP contribution in [-0.4, -0.2) is 105 Å². The predicted molar refractivity (Wildman–Crippen MR) is 127 cm³/mol. The van der Waals surface area contributed by atoms with Gasteiger partial charge in [-0.15, -0.1) is 8.78 Å². The molecular formula is C25H39F17N2+2. The molecule has 44 heavy (non-hydrogen) atoms. The molecule has 0 aliphatic carbocycles. The summed E-state index contributed by atoms with van der Waals surface area (Å²) in [4.78, 5) is 0. The number of rotatable bonds is 20. The number of hydrogen-bond donors (Lipinski definition) is 0. The second-order valence-corrected chi connectivity index (χ2v) is 12.1. The summed E-state index contributed by atoms with van der Waals surface area (Å²) in [6, 6.07) is -6.47. The van der Waals surface area contributed by atoms with E-state index in [4.69, 9.17) is 0 Å². The Morgan fingerprint density at radius 3 is 1.07 bits per heavy atom.